The van der Waals surface area contributed by atoms with Crippen molar-refractivity contribution in [2.24, 2.45) is 0 Å². The van der Waals surface area contributed by atoms with Crippen LogP contribution in [0.4, 0.5) is 0 Å². The summed E-state index contributed by atoms with van der Waals surface area (Å²) in [6, 6.07) is 0. The number of esters is 2. The number of phosphoric ester groups is 1. The summed E-state index contributed by atoms with van der Waals surface area (Å²) in [5.41, 5.74) is 0. The largest absolute Gasteiger partial charge is 0.472 e. The van der Waals surface area contributed by atoms with E-state index in [2.05, 4.69) is 79.9 Å². The first kappa shape index (κ1) is 49.5. The highest BCUT2D eigenvalue weighted by Gasteiger charge is 2.26. The quantitative estimate of drug-likeness (QED) is 0.0279. The Balaban J connectivity index is 4.43. The number of hydrogen-bond acceptors (Lipinski definition) is 8. The maximum atomic E-state index is 12.5. The summed E-state index contributed by atoms with van der Waals surface area (Å²) in [4.78, 5) is 34.9. The Morgan fingerprint density at radius 1 is 0.596 bits per heavy atom. The van der Waals surface area contributed by atoms with Gasteiger partial charge in [0, 0.05) is 19.4 Å². The third-order valence-corrected chi connectivity index (χ3v) is 8.80. The van der Waals surface area contributed by atoms with E-state index in [1.54, 1.807) is 7.05 Å². The molecular weight excluding hydrogens is 677 g/mol. The minimum Gasteiger partial charge on any atom is -0.462 e. The van der Waals surface area contributed by atoms with Gasteiger partial charge in [-0.1, -0.05) is 132 Å². The van der Waals surface area contributed by atoms with Crippen LogP contribution < -0.4 is 5.32 Å². The molecule has 0 aliphatic rings. The first-order chi connectivity index (χ1) is 25.3. The molecule has 2 N–H and O–H groups in total. The molecule has 52 heavy (non-hydrogen) atoms. The molecule has 0 bridgehead atoms. The smallest absolute Gasteiger partial charge is 0.462 e. The van der Waals surface area contributed by atoms with E-state index in [-0.39, 0.29) is 26.1 Å². The van der Waals surface area contributed by atoms with Crippen molar-refractivity contribution in [3.05, 3.63) is 72.9 Å². The van der Waals surface area contributed by atoms with Gasteiger partial charge in [-0.3, -0.25) is 18.6 Å². The van der Waals surface area contributed by atoms with Crippen molar-refractivity contribution in [2.45, 2.75) is 148 Å². The zero-order valence-corrected chi connectivity index (χ0v) is 33.6. The molecule has 0 rings (SSSR count). The van der Waals surface area contributed by atoms with Crippen molar-refractivity contribution in [3.63, 3.8) is 0 Å². The summed E-state index contributed by atoms with van der Waals surface area (Å²) in [6.07, 6.45) is 43.9. The van der Waals surface area contributed by atoms with E-state index < -0.39 is 32.5 Å². The lowest BCUT2D eigenvalue weighted by Crippen LogP contribution is -2.29. The van der Waals surface area contributed by atoms with Crippen LogP contribution >= 0.6 is 7.82 Å². The van der Waals surface area contributed by atoms with Gasteiger partial charge < -0.3 is 19.7 Å². The molecule has 2 atom stereocenters. The first-order valence-corrected chi connectivity index (χ1v) is 21.4. The van der Waals surface area contributed by atoms with Gasteiger partial charge in [0.1, 0.15) is 6.61 Å². The molecule has 9 nitrogen and oxygen atoms in total. The normalized spacial score (nSPS) is 14.2. The fraction of sp³-hybridized carbons (Fsp3) is 0.667. The van der Waals surface area contributed by atoms with Crippen LogP contribution in [0.3, 0.4) is 0 Å². The summed E-state index contributed by atoms with van der Waals surface area (Å²) in [6.45, 7) is 4.03. The zero-order chi connectivity index (χ0) is 38.2. The summed E-state index contributed by atoms with van der Waals surface area (Å²) in [5, 5.41) is 2.81. The molecule has 0 saturated carbocycles. The first-order valence-electron chi connectivity index (χ1n) is 19.9. The third-order valence-electron chi connectivity index (χ3n) is 7.81. The number of ether oxygens (including phenoxy) is 2. The summed E-state index contributed by atoms with van der Waals surface area (Å²) in [5.74, 6) is -0.923. The molecule has 0 aliphatic heterocycles. The Kier molecular flexibility index (Phi) is 36.3. The Hall–Kier alpha value is -2.55. The second-order valence-electron chi connectivity index (χ2n) is 12.8. The van der Waals surface area contributed by atoms with E-state index in [9.17, 15) is 19.0 Å². The number of likely N-dealkylation sites (N-methyl/N-ethyl adjacent to an activating group) is 1. The molecule has 0 fully saturated rings. The lowest BCUT2D eigenvalue weighted by atomic mass is 10.1. The summed E-state index contributed by atoms with van der Waals surface area (Å²) < 4.78 is 33.0. The average Bonchev–Trinajstić information content (AvgIpc) is 3.12. The zero-order valence-electron chi connectivity index (χ0n) is 32.7. The molecule has 0 amide bonds. The second-order valence-corrected chi connectivity index (χ2v) is 14.2. The summed E-state index contributed by atoms with van der Waals surface area (Å²) in [7, 11) is -2.68. The number of carbonyl (C=O) groups is 2. The van der Waals surface area contributed by atoms with Crippen molar-refractivity contribution in [1.82, 2.24) is 5.32 Å². The molecule has 2 unspecified atom stereocenters. The molecule has 0 radical (unpaired) electrons. The van der Waals surface area contributed by atoms with Gasteiger partial charge in [-0.2, -0.15) is 0 Å². The molecule has 0 aromatic rings. The van der Waals surface area contributed by atoms with Gasteiger partial charge in [-0.15, -0.1) is 0 Å². The highest BCUT2D eigenvalue weighted by molar-refractivity contribution is 7.47. The minimum atomic E-state index is -4.37. The van der Waals surface area contributed by atoms with Crippen molar-refractivity contribution < 1.29 is 37.6 Å². The standard InChI is InChI=1S/C42H72NO8P/c1-4-6-8-10-12-14-16-17-18-19-20-21-22-23-25-27-29-31-33-35-42(45)51-40(39-50-52(46,47)49-37-36-43-3)38-48-41(44)34-32-30-28-26-24-15-13-11-9-7-5-2/h11-14,17-18,20-21,23,25,29,31,40,43H,4-10,15-16,19,22,24,26-28,30,32-39H2,1-3H3,(H,46,47)/b13-11-,14-12-,18-17-,21-20-,25-23-,31-29-. The number of rotatable bonds is 36. The number of unbranched alkanes of at least 4 members (excludes halogenated alkanes) is 10. The lowest BCUT2D eigenvalue weighted by molar-refractivity contribution is -0.161. The van der Waals surface area contributed by atoms with E-state index in [1.807, 2.05) is 12.2 Å². The second kappa shape index (κ2) is 38.2. The highest BCUT2D eigenvalue weighted by atomic mass is 31.2. The molecule has 0 heterocycles. The van der Waals surface area contributed by atoms with Crippen LogP contribution in [-0.4, -0.2) is 56.3 Å². The van der Waals surface area contributed by atoms with Crippen LogP contribution in [0.1, 0.15) is 142 Å². The minimum absolute atomic E-state index is 0.0349. The average molecular weight is 750 g/mol. The van der Waals surface area contributed by atoms with Gasteiger partial charge in [0.05, 0.1) is 13.2 Å². The van der Waals surface area contributed by atoms with Gasteiger partial charge >= 0.3 is 19.8 Å². The monoisotopic (exact) mass is 749 g/mol. The molecule has 0 saturated heterocycles. The van der Waals surface area contributed by atoms with E-state index in [1.165, 1.54) is 38.5 Å². The number of carbonyl (C=O) groups excluding carboxylic acids is 2. The predicted molar refractivity (Wildman–Crippen MR) is 215 cm³/mol. The lowest BCUT2D eigenvalue weighted by Gasteiger charge is -2.19. The Bertz CT molecular complexity index is 1080. The van der Waals surface area contributed by atoms with E-state index in [4.69, 9.17) is 18.5 Å². The third kappa shape index (κ3) is 37.2. The number of allylic oxidation sites excluding steroid dienone is 12. The van der Waals surface area contributed by atoms with Crippen LogP contribution in [-0.2, 0) is 32.7 Å². The fourth-order valence-corrected chi connectivity index (χ4v) is 5.50. The number of phosphoric acid groups is 1. The van der Waals surface area contributed by atoms with Gasteiger partial charge in [0.25, 0.3) is 0 Å². The number of nitrogens with one attached hydrogen (secondary N) is 1. The molecule has 0 spiro atoms. The topological polar surface area (TPSA) is 120 Å². The molecule has 0 aliphatic carbocycles. The highest BCUT2D eigenvalue weighted by Crippen LogP contribution is 2.43. The summed E-state index contributed by atoms with van der Waals surface area (Å²) >= 11 is 0. The van der Waals surface area contributed by atoms with Gasteiger partial charge in [0.15, 0.2) is 6.10 Å². The Labute approximate surface area is 316 Å². The maximum absolute atomic E-state index is 12.5. The molecule has 0 aromatic carbocycles. The van der Waals surface area contributed by atoms with Crippen LogP contribution in [0.25, 0.3) is 0 Å². The van der Waals surface area contributed by atoms with Crippen LogP contribution in [0.15, 0.2) is 72.9 Å². The SMILES string of the molecule is CCCC/C=C\CCCCCCCC(=O)OCC(COP(=O)(O)OCCNC)OC(=O)CC/C=C\C/C=C\C/C=C\C/C=C\C/C=C\CCCCC. The molecule has 298 valence electrons. The van der Waals surface area contributed by atoms with E-state index in [0.717, 1.165) is 64.2 Å². The van der Waals surface area contributed by atoms with Crippen LogP contribution in [0, 0.1) is 0 Å². The maximum Gasteiger partial charge on any atom is 0.472 e. The molecule has 10 heteroatoms. The Morgan fingerprint density at radius 2 is 1.10 bits per heavy atom. The van der Waals surface area contributed by atoms with E-state index >= 15 is 0 Å². The van der Waals surface area contributed by atoms with Gasteiger partial charge in [0.2, 0.25) is 0 Å². The van der Waals surface area contributed by atoms with E-state index in [0.29, 0.717) is 19.4 Å². The van der Waals surface area contributed by atoms with Gasteiger partial charge in [-0.25, -0.2) is 4.57 Å². The van der Waals surface area contributed by atoms with Crippen LogP contribution in [0.5, 0.6) is 0 Å². The molecule has 0 aromatic heterocycles. The van der Waals surface area contributed by atoms with Gasteiger partial charge in [-0.05, 0) is 77.7 Å². The predicted octanol–water partition coefficient (Wildman–Crippen LogP) is 11.0. The van der Waals surface area contributed by atoms with Crippen molar-refractivity contribution in [1.29, 1.82) is 0 Å². The van der Waals surface area contributed by atoms with Crippen molar-refractivity contribution >= 4 is 19.8 Å². The number of hydrogen-bond donors (Lipinski definition) is 2. The fourth-order valence-electron chi connectivity index (χ4n) is 4.75. The van der Waals surface area contributed by atoms with Crippen molar-refractivity contribution in [3.8, 4) is 0 Å². The molecular formula is C42H72NO8P. The Morgan fingerprint density at radius 3 is 1.69 bits per heavy atom. The van der Waals surface area contributed by atoms with Crippen molar-refractivity contribution in [2.75, 3.05) is 33.4 Å². The van der Waals surface area contributed by atoms with Crippen LogP contribution in [0.2, 0.25) is 0 Å².